The number of aromatic nitrogens is 1. The van der Waals surface area contributed by atoms with Crippen LogP contribution in [0.2, 0.25) is 0 Å². The van der Waals surface area contributed by atoms with E-state index in [-0.39, 0.29) is 5.41 Å². The molecule has 1 aliphatic heterocycles. The molecule has 1 aliphatic rings. The van der Waals surface area contributed by atoms with Crippen LogP contribution in [0, 0.1) is 23.7 Å². The van der Waals surface area contributed by atoms with Crippen molar-refractivity contribution in [3.05, 3.63) is 77.5 Å². The van der Waals surface area contributed by atoms with Crippen LogP contribution in [0.15, 0.2) is 60.8 Å². The van der Waals surface area contributed by atoms with Gasteiger partial charge in [-0.2, -0.15) is 5.26 Å². The molecule has 0 aliphatic carbocycles. The van der Waals surface area contributed by atoms with E-state index < -0.39 is 5.41 Å². The highest BCUT2D eigenvalue weighted by Gasteiger charge is 2.36. The van der Waals surface area contributed by atoms with Crippen LogP contribution >= 0.6 is 0 Å². The van der Waals surface area contributed by atoms with E-state index in [0.717, 1.165) is 22.3 Å². The van der Waals surface area contributed by atoms with Gasteiger partial charge in [-0.15, -0.1) is 0 Å². The van der Waals surface area contributed by atoms with Crippen LogP contribution in [-0.2, 0) is 18.9 Å². The van der Waals surface area contributed by atoms with Crippen molar-refractivity contribution in [1.29, 1.82) is 5.26 Å². The molecule has 0 bridgehead atoms. The number of pyridine rings is 1. The van der Waals surface area contributed by atoms with Crippen molar-refractivity contribution < 1.29 is 9.30 Å². The third kappa shape index (κ3) is 3.43. The van der Waals surface area contributed by atoms with Crippen molar-refractivity contribution in [3.63, 3.8) is 0 Å². The van der Waals surface area contributed by atoms with E-state index in [4.69, 9.17) is 4.74 Å². The molecule has 184 valence electrons. The molecule has 0 amide bonds. The lowest BCUT2D eigenvalue weighted by Crippen LogP contribution is -2.32. The molecule has 2 heterocycles. The summed E-state index contributed by atoms with van der Waals surface area (Å²) in [6, 6.07) is 22.1. The van der Waals surface area contributed by atoms with Crippen molar-refractivity contribution >= 4 is 32.3 Å². The molecule has 5 aromatic rings. The minimum atomic E-state index is -0.447. The number of nitriles is 1. The summed E-state index contributed by atoms with van der Waals surface area (Å²) in [4.78, 5) is 0. The van der Waals surface area contributed by atoms with Gasteiger partial charge in [0.05, 0.1) is 22.4 Å². The lowest BCUT2D eigenvalue weighted by molar-refractivity contribution is -0.659. The third-order valence-corrected chi connectivity index (χ3v) is 7.90. The Morgan fingerprint density at radius 3 is 2.27 bits per heavy atom. The van der Waals surface area contributed by atoms with Gasteiger partial charge in [0.25, 0.3) is 0 Å². The molecule has 0 N–H and O–H groups in total. The Hall–Kier alpha value is -3.90. The molecule has 0 saturated heterocycles. The first-order valence-electron chi connectivity index (χ1n) is 13.0. The van der Waals surface area contributed by atoms with Crippen molar-refractivity contribution in [1.82, 2.24) is 0 Å². The van der Waals surface area contributed by atoms with Gasteiger partial charge in [0.2, 0.25) is 5.69 Å². The van der Waals surface area contributed by atoms with Gasteiger partial charge in [0, 0.05) is 17.0 Å². The molecule has 0 fully saturated rings. The van der Waals surface area contributed by atoms with Crippen molar-refractivity contribution in [2.45, 2.75) is 53.4 Å². The van der Waals surface area contributed by atoms with Gasteiger partial charge < -0.3 is 4.74 Å². The lowest BCUT2D eigenvalue weighted by atomic mass is 9.78. The summed E-state index contributed by atoms with van der Waals surface area (Å²) in [6.45, 7) is 13.0. The first kappa shape index (κ1) is 23.5. The van der Waals surface area contributed by atoms with E-state index >= 15 is 0 Å². The van der Waals surface area contributed by atoms with Crippen molar-refractivity contribution in [3.8, 4) is 28.8 Å². The highest BCUT2D eigenvalue weighted by atomic mass is 16.5. The second-order valence-corrected chi connectivity index (χ2v) is 12.2. The van der Waals surface area contributed by atoms with Gasteiger partial charge >= 0.3 is 0 Å². The number of ether oxygens (including phenoxy) is 1. The maximum Gasteiger partial charge on any atom is 0.228 e. The van der Waals surface area contributed by atoms with Gasteiger partial charge in [0.15, 0.2) is 6.20 Å². The number of fused-ring (bicyclic) bond motifs is 5. The third-order valence-electron chi connectivity index (χ3n) is 7.90. The van der Waals surface area contributed by atoms with E-state index in [1.807, 2.05) is 13.8 Å². The number of hydrogen-bond acceptors (Lipinski definition) is 2. The second-order valence-electron chi connectivity index (χ2n) is 12.2. The first-order chi connectivity index (χ1) is 17.5. The SMILES string of the molecule is Cc1c2c(c(C(C)(C)C)c3ccccc13)Oc1cc3c(CC(C)(C)C#N)cccc3c3cc[n+](C)c-2c13. The normalized spacial score (nSPS) is 13.0. The first-order valence-corrected chi connectivity index (χ1v) is 13.0. The quantitative estimate of drug-likeness (QED) is 0.182. The Labute approximate surface area is 218 Å². The predicted molar refractivity (Wildman–Crippen MR) is 152 cm³/mol. The average Bonchev–Trinajstić information content (AvgIpc) is 2.85. The van der Waals surface area contributed by atoms with Gasteiger partial charge in [-0.25, -0.2) is 4.57 Å². The van der Waals surface area contributed by atoms with E-state index in [1.165, 1.54) is 49.5 Å². The molecule has 3 heteroatoms. The summed E-state index contributed by atoms with van der Waals surface area (Å²) in [5.74, 6) is 1.86. The molecule has 0 spiro atoms. The van der Waals surface area contributed by atoms with E-state index in [1.54, 1.807) is 0 Å². The number of aryl methyl sites for hydroxylation is 2. The standard InChI is InChI=1S/C34H33N2O/c1-20-22-12-8-9-13-25(22)30(33(2,3)4)32-28(20)31-29-24(15-16-36(31)7)23-14-10-11-21(18-34(5,6)19-35)26(23)17-27(29)37-32/h8-17H,18H2,1-7H3/q+1. The van der Waals surface area contributed by atoms with E-state index in [9.17, 15) is 5.26 Å². The largest absolute Gasteiger partial charge is 0.455 e. The fourth-order valence-corrected chi connectivity index (χ4v) is 6.22. The topological polar surface area (TPSA) is 36.9 Å². The fourth-order valence-electron chi connectivity index (χ4n) is 6.22. The van der Waals surface area contributed by atoms with Crippen molar-refractivity contribution in [2.75, 3.05) is 0 Å². The minimum Gasteiger partial charge on any atom is -0.455 e. The van der Waals surface area contributed by atoms with Crippen LogP contribution in [0.1, 0.15) is 51.3 Å². The Morgan fingerprint density at radius 1 is 0.865 bits per heavy atom. The Balaban J connectivity index is 1.78. The van der Waals surface area contributed by atoms with Crippen molar-refractivity contribution in [2.24, 2.45) is 12.5 Å². The number of hydrogen-bond donors (Lipinski definition) is 0. The molecule has 37 heavy (non-hydrogen) atoms. The summed E-state index contributed by atoms with van der Waals surface area (Å²) in [7, 11) is 2.13. The molecular formula is C34H33N2O+. The maximum atomic E-state index is 9.73. The minimum absolute atomic E-state index is 0.111. The molecule has 0 radical (unpaired) electrons. The second kappa shape index (κ2) is 7.80. The summed E-state index contributed by atoms with van der Waals surface area (Å²) in [5.41, 5.74) is 5.50. The van der Waals surface area contributed by atoms with Gasteiger partial charge in [-0.3, -0.25) is 0 Å². The van der Waals surface area contributed by atoms with Crippen LogP contribution in [0.25, 0.3) is 43.6 Å². The highest BCUT2D eigenvalue weighted by molar-refractivity contribution is 6.16. The zero-order valence-electron chi connectivity index (χ0n) is 22.8. The van der Waals surface area contributed by atoms with E-state index in [0.29, 0.717) is 6.42 Å². The van der Waals surface area contributed by atoms with Crippen LogP contribution in [0.3, 0.4) is 0 Å². The monoisotopic (exact) mass is 485 g/mol. The predicted octanol–water partition coefficient (Wildman–Crippen LogP) is 8.44. The Kier molecular flexibility index (Phi) is 4.95. The molecular weight excluding hydrogens is 452 g/mol. The number of benzene rings is 4. The smallest absolute Gasteiger partial charge is 0.228 e. The molecule has 0 atom stereocenters. The zero-order valence-corrected chi connectivity index (χ0v) is 22.8. The molecule has 4 aromatic carbocycles. The number of nitrogens with zero attached hydrogens (tertiary/aromatic N) is 2. The maximum absolute atomic E-state index is 9.73. The Morgan fingerprint density at radius 2 is 1.57 bits per heavy atom. The molecule has 1 aromatic heterocycles. The van der Waals surface area contributed by atoms with Crippen LogP contribution < -0.4 is 9.30 Å². The lowest BCUT2D eigenvalue weighted by Gasteiger charge is -2.30. The van der Waals surface area contributed by atoms with Gasteiger partial charge in [0.1, 0.15) is 18.5 Å². The van der Waals surface area contributed by atoms with Gasteiger partial charge in [-0.1, -0.05) is 63.2 Å². The van der Waals surface area contributed by atoms with Crippen LogP contribution in [0.5, 0.6) is 11.5 Å². The summed E-state index contributed by atoms with van der Waals surface area (Å²) in [5, 5.41) is 17.0. The zero-order chi connectivity index (χ0) is 26.3. The molecule has 0 unspecified atom stereocenters. The summed E-state index contributed by atoms with van der Waals surface area (Å²) in [6.07, 6.45) is 2.86. The highest BCUT2D eigenvalue weighted by Crippen LogP contribution is 2.54. The average molecular weight is 486 g/mol. The van der Waals surface area contributed by atoms with Gasteiger partial charge in [-0.05, 0) is 71.3 Å². The number of rotatable bonds is 2. The Bertz CT molecular complexity index is 1810. The molecule has 0 saturated carbocycles. The van der Waals surface area contributed by atoms with Crippen LogP contribution in [0.4, 0.5) is 0 Å². The fraction of sp³-hybridized carbons (Fsp3) is 0.294. The molecule has 6 rings (SSSR count). The van der Waals surface area contributed by atoms with Crippen LogP contribution in [-0.4, -0.2) is 0 Å². The van der Waals surface area contributed by atoms with E-state index in [2.05, 4.69) is 106 Å². The summed E-state index contributed by atoms with van der Waals surface area (Å²) >= 11 is 0. The molecule has 3 nitrogen and oxygen atoms in total. The summed E-state index contributed by atoms with van der Waals surface area (Å²) < 4.78 is 9.24.